The largest absolute Gasteiger partial charge is 0.374 e. The van der Waals surface area contributed by atoms with Crippen molar-refractivity contribution in [1.29, 1.82) is 0 Å². The zero-order valence-electron chi connectivity index (χ0n) is 12.3. The minimum atomic E-state index is 0.150. The van der Waals surface area contributed by atoms with Crippen LogP contribution in [0.4, 0.5) is 0 Å². The Bertz CT molecular complexity index is 239. The van der Waals surface area contributed by atoms with Crippen LogP contribution in [0, 0.1) is 11.8 Å². The molecule has 2 atom stereocenters. The minimum absolute atomic E-state index is 0.150. The molecule has 106 valence electrons. The fraction of sp³-hybridized carbons (Fsp3) is 1.00. The molecular formula is C16H31NO. The molecule has 0 spiro atoms. The van der Waals surface area contributed by atoms with Crippen molar-refractivity contribution in [2.75, 3.05) is 19.7 Å². The van der Waals surface area contributed by atoms with Crippen LogP contribution in [0.2, 0.25) is 0 Å². The van der Waals surface area contributed by atoms with Crippen LogP contribution in [0.1, 0.15) is 65.2 Å². The monoisotopic (exact) mass is 253 g/mol. The van der Waals surface area contributed by atoms with Crippen LogP contribution in [0.15, 0.2) is 0 Å². The first-order chi connectivity index (χ1) is 8.74. The van der Waals surface area contributed by atoms with Gasteiger partial charge in [0.1, 0.15) is 0 Å². The molecule has 0 amide bonds. The Morgan fingerprint density at radius 1 is 1.22 bits per heavy atom. The van der Waals surface area contributed by atoms with E-state index in [0.29, 0.717) is 0 Å². The summed E-state index contributed by atoms with van der Waals surface area (Å²) in [6.45, 7) is 7.67. The van der Waals surface area contributed by atoms with Crippen molar-refractivity contribution in [3.8, 4) is 0 Å². The van der Waals surface area contributed by atoms with Gasteiger partial charge in [-0.1, -0.05) is 46.0 Å². The van der Waals surface area contributed by atoms with Crippen molar-refractivity contribution in [1.82, 2.24) is 5.32 Å². The molecule has 2 fully saturated rings. The SMILES string of the molecule is CCNCC1(OCCC2CCC2)CCCC(C)C1. The van der Waals surface area contributed by atoms with E-state index >= 15 is 0 Å². The van der Waals surface area contributed by atoms with E-state index in [1.807, 2.05) is 0 Å². The van der Waals surface area contributed by atoms with Crippen LogP contribution < -0.4 is 5.32 Å². The van der Waals surface area contributed by atoms with Gasteiger partial charge in [-0.3, -0.25) is 0 Å². The molecule has 2 heteroatoms. The molecule has 18 heavy (non-hydrogen) atoms. The summed E-state index contributed by atoms with van der Waals surface area (Å²) in [4.78, 5) is 0. The first-order valence-electron chi connectivity index (χ1n) is 8.09. The molecule has 2 unspecified atom stereocenters. The van der Waals surface area contributed by atoms with Crippen LogP contribution in [-0.4, -0.2) is 25.3 Å². The number of likely N-dealkylation sites (N-methyl/N-ethyl adjacent to an activating group) is 1. The quantitative estimate of drug-likeness (QED) is 0.746. The van der Waals surface area contributed by atoms with Crippen molar-refractivity contribution in [3.05, 3.63) is 0 Å². The third-order valence-electron chi connectivity index (χ3n) is 4.91. The Labute approximate surface area is 113 Å². The van der Waals surface area contributed by atoms with Gasteiger partial charge < -0.3 is 10.1 Å². The molecule has 2 aliphatic carbocycles. The summed E-state index contributed by atoms with van der Waals surface area (Å²) in [6.07, 6.45) is 10.9. The predicted octanol–water partition coefficient (Wildman–Crippen LogP) is 3.75. The van der Waals surface area contributed by atoms with Crippen molar-refractivity contribution >= 4 is 0 Å². The number of rotatable bonds is 7. The maximum Gasteiger partial charge on any atom is 0.0808 e. The molecule has 2 saturated carbocycles. The summed E-state index contributed by atoms with van der Waals surface area (Å²) in [5.41, 5.74) is 0.150. The van der Waals surface area contributed by atoms with Crippen molar-refractivity contribution in [2.45, 2.75) is 70.8 Å². The highest BCUT2D eigenvalue weighted by atomic mass is 16.5. The van der Waals surface area contributed by atoms with E-state index in [4.69, 9.17) is 4.74 Å². The first-order valence-corrected chi connectivity index (χ1v) is 8.09. The van der Waals surface area contributed by atoms with Crippen LogP contribution in [-0.2, 0) is 4.74 Å². The van der Waals surface area contributed by atoms with E-state index in [9.17, 15) is 0 Å². The van der Waals surface area contributed by atoms with E-state index in [1.165, 1.54) is 51.4 Å². The van der Waals surface area contributed by atoms with Gasteiger partial charge in [-0.25, -0.2) is 0 Å². The zero-order valence-corrected chi connectivity index (χ0v) is 12.3. The Morgan fingerprint density at radius 2 is 2.06 bits per heavy atom. The predicted molar refractivity (Wildman–Crippen MR) is 76.8 cm³/mol. The Kier molecular flexibility index (Phi) is 5.50. The topological polar surface area (TPSA) is 21.3 Å². The van der Waals surface area contributed by atoms with E-state index in [0.717, 1.165) is 31.5 Å². The summed E-state index contributed by atoms with van der Waals surface area (Å²) < 4.78 is 6.39. The van der Waals surface area contributed by atoms with E-state index in [2.05, 4.69) is 19.2 Å². The molecule has 0 aliphatic heterocycles. The lowest BCUT2D eigenvalue weighted by Crippen LogP contribution is -2.46. The Morgan fingerprint density at radius 3 is 2.67 bits per heavy atom. The van der Waals surface area contributed by atoms with Crippen molar-refractivity contribution in [3.63, 3.8) is 0 Å². The highest BCUT2D eigenvalue weighted by molar-refractivity contribution is 4.89. The van der Waals surface area contributed by atoms with Gasteiger partial charge in [-0.15, -0.1) is 0 Å². The van der Waals surface area contributed by atoms with Crippen molar-refractivity contribution in [2.24, 2.45) is 11.8 Å². The molecule has 2 nitrogen and oxygen atoms in total. The Hall–Kier alpha value is -0.0800. The van der Waals surface area contributed by atoms with Gasteiger partial charge >= 0.3 is 0 Å². The molecule has 0 saturated heterocycles. The average molecular weight is 253 g/mol. The van der Waals surface area contributed by atoms with E-state index < -0.39 is 0 Å². The summed E-state index contributed by atoms with van der Waals surface area (Å²) >= 11 is 0. The first kappa shape index (κ1) is 14.3. The van der Waals surface area contributed by atoms with Gasteiger partial charge in [0.05, 0.1) is 5.60 Å². The molecule has 2 rings (SSSR count). The number of hydrogen-bond acceptors (Lipinski definition) is 2. The molecule has 0 aromatic rings. The summed E-state index contributed by atoms with van der Waals surface area (Å²) in [6, 6.07) is 0. The van der Waals surface area contributed by atoms with Crippen LogP contribution in [0.3, 0.4) is 0 Å². The second kappa shape index (κ2) is 6.91. The molecular weight excluding hydrogens is 222 g/mol. The zero-order chi connectivity index (χ0) is 12.8. The number of hydrogen-bond donors (Lipinski definition) is 1. The number of nitrogens with one attached hydrogen (secondary N) is 1. The molecule has 0 aromatic heterocycles. The minimum Gasteiger partial charge on any atom is -0.374 e. The summed E-state index contributed by atoms with van der Waals surface area (Å²) in [7, 11) is 0. The normalized spacial score (nSPS) is 33.3. The van der Waals surface area contributed by atoms with E-state index in [-0.39, 0.29) is 5.60 Å². The average Bonchev–Trinajstić information content (AvgIpc) is 2.30. The van der Waals surface area contributed by atoms with Gasteiger partial charge in [0, 0.05) is 13.2 Å². The lowest BCUT2D eigenvalue weighted by molar-refractivity contribution is -0.0846. The van der Waals surface area contributed by atoms with Gasteiger partial charge in [-0.2, -0.15) is 0 Å². The van der Waals surface area contributed by atoms with Crippen LogP contribution in [0.5, 0.6) is 0 Å². The van der Waals surface area contributed by atoms with Crippen molar-refractivity contribution < 1.29 is 4.74 Å². The summed E-state index contributed by atoms with van der Waals surface area (Å²) in [5.74, 6) is 1.81. The lowest BCUT2D eigenvalue weighted by atomic mass is 9.78. The summed E-state index contributed by atoms with van der Waals surface area (Å²) in [5, 5.41) is 3.52. The molecule has 0 aromatic carbocycles. The highest BCUT2D eigenvalue weighted by Crippen LogP contribution is 2.36. The molecule has 2 aliphatic rings. The maximum atomic E-state index is 6.39. The van der Waals surface area contributed by atoms with Crippen LogP contribution in [0.25, 0.3) is 0 Å². The van der Waals surface area contributed by atoms with Gasteiger partial charge in [-0.05, 0) is 37.6 Å². The third-order valence-corrected chi connectivity index (χ3v) is 4.91. The fourth-order valence-electron chi connectivity index (χ4n) is 3.53. The second-order valence-corrected chi connectivity index (χ2v) is 6.60. The maximum absolute atomic E-state index is 6.39. The molecule has 0 radical (unpaired) electrons. The second-order valence-electron chi connectivity index (χ2n) is 6.60. The highest BCUT2D eigenvalue weighted by Gasteiger charge is 2.35. The lowest BCUT2D eigenvalue weighted by Gasteiger charge is -2.41. The molecule has 1 N–H and O–H groups in total. The van der Waals surface area contributed by atoms with E-state index in [1.54, 1.807) is 0 Å². The fourth-order valence-corrected chi connectivity index (χ4v) is 3.53. The van der Waals surface area contributed by atoms with Gasteiger partial charge in [0.25, 0.3) is 0 Å². The smallest absolute Gasteiger partial charge is 0.0808 e. The number of ether oxygens (including phenoxy) is 1. The molecule has 0 heterocycles. The third kappa shape index (κ3) is 3.96. The standard InChI is InChI=1S/C16H31NO/c1-3-17-13-16(10-5-6-14(2)12-16)18-11-9-15-7-4-8-15/h14-15,17H,3-13H2,1-2H3. The van der Waals surface area contributed by atoms with Gasteiger partial charge in [0.2, 0.25) is 0 Å². The van der Waals surface area contributed by atoms with Gasteiger partial charge in [0.15, 0.2) is 0 Å². The van der Waals surface area contributed by atoms with Crippen LogP contribution >= 0.6 is 0 Å². The Balaban J connectivity index is 1.78. The molecule has 0 bridgehead atoms.